The summed E-state index contributed by atoms with van der Waals surface area (Å²) in [4.78, 5) is 0. The standard InChI is InChI=1S/C18H16N2/c19-20-14-7-10-16-13(11-14)6-9-17-15-4-2-1-3-12(15)5-8-18(16)17/h1-6,9,11H,7-8,10,19H2/b20-14-. The molecule has 0 spiro atoms. The van der Waals surface area contributed by atoms with Crippen LogP contribution in [0.15, 0.2) is 41.5 Å². The summed E-state index contributed by atoms with van der Waals surface area (Å²) in [6, 6.07) is 13.1. The van der Waals surface area contributed by atoms with Gasteiger partial charge in [0, 0.05) is 0 Å². The van der Waals surface area contributed by atoms with Crippen molar-refractivity contribution in [2.45, 2.75) is 19.3 Å². The second-order valence-corrected chi connectivity index (χ2v) is 5.42. The fourth-order valence-electron chi connectivity index (χ4n) is 3.37. The van der Waals surface area contributed by atoms with Gasteiger partial charge in [0.15, 0.2) is 0 Å². The maximum Gasteiger partial charge on any atom is 0.0609 e. The normalized spacial score (nSPS) is 17.5. The zero-order valence-electron chi connectivity index (χ0n) is 11.3. The van der Waals surface area contributed by atoms with Gasteiger partial charge in [0.2, 0.25) is 0 Å². The van der Waals surface area contributed by atoms with Gasteiger partial charge in [-0.3, -0.25) is 0 Å². The molecule has 2 aliphatic carbocycles. The van der Waals surface area contributed by atoms with E-state index >= 15 is 0 Å². The molecule has 0 unspecified atom stereocenters. The Balaban J connectivity index is 2.15. The van der Waals surface area contributed by atoms with Crippen LogP contribution in [0.1, 0.15) is 17.5 Å². The van der Waals surface area contributed by atoms with Gasteiger partial charge in [-0.25, -0.2) is 0 Å². The number of nitrogens with zero attached hydrogens (tertiary/aromatic N) is 1. The highest BCUT2D eigenvalue weighted by Crippen LogP contribution is 2.16. The number of hydrazone groups is 1. The minimum Gasteiger partial charge on any atom is -0.323 e. The lowest BCUT2D eigenvalue weighted by molar-refractivity contribution is 0.973. The van der Waals surface area contributed by atoms with E-state index in [0.717, 1.165) is 25.0 Å². The third-order valence-electron chi connectivity index (χ3n) is 4.36. The fraction of sp³-hybridized carbons (Fsp3) is 0.167. The zero-order valence-corrected chi connectivity index (χ0v) is 11.3. The van der Waals surface area contributed by atoms with Crippen molar-refractivity contribution in [1.29, 1.82) is 0 Å². The Morgan fingerprint density at radius 1 is 0.850 bits per heavy atom. The topological polar surface area (TPSA) is 38.4 Å². The van der Waals surface area contributed by atoms with E-state index in [-0.39, 0.29) is 0 Å². The maximum absolute atomic E-state index is 5.41. The molecule has 0 saturated heterocycles. The van der Waals surface area contributed by atoms with Crippen LogP contribution in [0.25, 0.3) is 12.2 Å². The van der Waals surface area contributed by atoms with Gasteiger partial charge in [0.1, 0.15) is 0 Å². The van der Waals surface area contributed by atoms with Crippen LogP contribution in [0.5, 0.6) is 0 Å². The first kappa shape index (κ1) is 11.5. The number of benzene rings is 2. The van der Waals surface area contributed by atoms with Crippen LogP contribution >= 0.6 is 0 Å². The molecule has 98 valence electrons. The van der Waals surface area contributed by atoms with Crippen molar-refractivity contribution in [3.8, 4) is 0 Å². The number of hydrogen-bond donors (Lipinski definition) is 1. The highest BCUT2D eigenvalue weighted by molar-refractivity contribution is 6.11. The summed E-state index contributed by atoms with van der Waals surface area (Å²) in [5.41, 5.74) is 3.95. The summed E-state index contributed by atoms with van der Waals surface area (Å²) >= 11 is 0. The van der Waals surface area contributed by atoms with Crippen LogP contribution < -0.4 is 16.3 Å². The second-order valence-electron chi connectivity index (χ2n) is 5.42. The molecule has 2 aromatic carbocycles. The smallest absolute Gasteiger partial charge is 0.0609 e. The van der Waals surface area contributed by atoms with E-state index < -0.39 is 0 Å². The SMILES string of the molecule is N/N=C1\C=c2ccc3c(c2CC1)CC=c1ccccc1=3. The summed E-state index contributed by atoms with van der Waals surface area (Å²) in [6.45, 7) is 0. The predicted molar refractivity (Wildman–Crippen MR) is 82.4 cm³/mol. The molecule has 0 saturated carbocycles. The Morgan fingerprint density at radius 2 is 1.75 bits per heavy atom. The van der Waals surface area contributed by atoms with Crippen LogP contribution in [0, 0.1) is 10.4 Å². The summed E-state index contributed by atoms with van der Waals surface area (Å²) in [5, 5.41) is 9.23. The largest absolute Gasteiger partial charge is 0.323 e. The number of fused-ring (bicyclic) bond motifs is 4. The van der Waals surface area contributed by atoms with Crippen molar-refractivity contribution < 1.29 is 0 Å². The average Bonchev–Trinajstić information content (AvgIpc) is 2.53. The molecule has 20 heavy (non-hydrogen) atoms. The molecule has 2 aliphatic rings. The zero-order chi connectivity index (χ0) is 13.5. The highest BCUT2D eigenvalue weighted by Gasteiger charge is 2.13. The van der Waals surface area contributed by atoms with E-state index in [4.69, 9.17) is 5.84 Å². The first-order valence-electron chi connectivity index (χ1n) is 7.05. The van der Waals surface area contributed by atoms with Crippen molar-refractivity contribution in [3.63, 3.8) is 0 Å². The Kier molecular flexibility index (Phi) is 2.49. The van der Waals surface area contributed by atoms with Crippen LogP contribution in [-0.4, -0.2) is 5.71 Å². The van der Waals surface area contributed by atoms with E-state index in [2.05, 4.69) is 53.7 Å². The Morgan fingerprint density at radius 3 is 2.65 bits per heavy atom. The van der Waals surface area contributed by atoms with E-state index in [1.165, 1.54) is 32.0 Å². The minimum atomic E-state index is 0.946. The van der Waals surface area contributed by atoms with E-state index in [9.17, 15) is 0 Å². The molecule has 0 heterocycles. The molecular weight excluding hydrogens is 244 g/mol. The number of hydrogen-bond acceptors (Lipinski definition) is 2. The molecule has 4 rings (SSSR count). The Hall–Kier alpha value is -2.35. The molecule has 0 bridgehead atoms. The van der Waals surface area contributed by atoms with E-state index in [1.807, 2.05) is 0 Å². The van der Waals surface area contributed by atoms with Crippen molar-refractivity contribution >= 4 is 17.9 Å². The molecule has 2 N–H and O–H groups in total. The van der Waals surface area contributed by atoms with Gasteiger partial charge in [-0.2, -0.15) is 5.10 Å². The summed E-state index contributed by atoms with van der Waals surface area (Å²) in [6.07, 6.45) is 7.48. The molecule has 0 radical (unpaired) electrons. The molecule has 0 fully saturated rings. The average molecular weight is 260 g/mol. The maximum atomic E-state index is 5.41. The van der Waals surface area contributed by atoms with Gasteiger partial charge >= 0.3 is 0 Å². The van der Waals surface area contributed by atoms with Gasteiger partial charge in [-0.05, 0) is 57.3 Å². The molecule has 2 aromatic rings. The quantitative estimate of drug-likeness (QED) is 0.563. The van der Waals surface area contributed by atoms with Crippen LogP contribution in [0.2, 0.25) is 0 Å². The Bertz CT molecular complexity index is 936. The minimum absolute atomic E-state index is 0.946. The first-order valence-corrected chi connectivity index (χ1v) is 7.05. The number of rotatable bonds is 0. The monoisotopic (exact) mass is 260 g/mol. The molecule has 0 atom stereocenters. The molecular formula is C18H16N2. The summed E-state index contributed by atoms with van der Waals surface area (Å²) in [5.74, 6) is 5.41. The van der Waals surface area contributed by atoms with Gasteiger partial charge in [0.25, 0.3) is 0 Å². The molecule has 0 aliphatic heterocycles. The lowest BCUT2D eigenvalue weighted by Crippen LogP contribution is -2.23. The van der Waals surface area contributed by atoms with Crippen molar-refractivity contribution in [1.82, 2.24) is 0 Å². The van der Waals surface area contributed by atoms with Crippen molar-refractivity contribution in [2.24, 2.45) is 10.9 Å². The first-order chi connectivity index (χ1) is 9.86. The lowest BCUT2D eigenvalue weighted by Gasteiger charge is -2.16. The van der Waals surface area contributed by atoms with Gasteiger partial charge in [-0.15, -0.1) is 0 Å². The van der Waals surface area contributed by atoms with Gasteiger partial charge in [0.05, 0.1) is 5.71 Å². The summed E-state index contributed by atoms with van der Waals surface area (Å²) < 4.78 is 0. The third-order valence-corrected chi connectivity index (χ3v) is 4.36. The van der Waals surface area contributed by atoms with E-state index in [0.29, 0.717) is 0 Å². The number of nitrogens with two attached hydrogens (primary N) is 1. The van der Waals surface area contributed by atoms with Crippen LogP contribution in [-0.2, 0) is 12.8 Å². The van der Waals surface area contributed by atoms with E-state index in [1.54, 1.807) is 0 Å². The molecule has 2 heteroatoms. The second kappa shape index (κ2) is 4.34. The van der Waals surface area contributed by atoms with Crippen molar-refractivity contribution in [2.75, 3.05) is 0 Å². The third kappa shape index (κ3) is 1.61. The molecule has 0 aromatic heterocycles. The van der Waals surface area contributed by atoms with Gasteiger partial charge in [-0.1, -0.05) is 42.5 Å². The predicted octanol–water partition coefficient (Wildman–Crippen LogP) is 1.35. The highest BCUT2D eigenvalue weighted by atomic mass is 15.1. The van der Waals surface area contributed by atoms with Crippen molar-refractivity contribution in [3.05, 3.63) is 68.4 Å². The van der Waals surface area contributed by atoms with Crippen LogP contribution in [0.3, 0.4) is 0 Å². The molecule has 2 nitrogen and oxygen atoms in total. The Labute approximate surface area is 117 Å². The van der Waals surface area contributed by atoms with Crippen LogP contribution in [0.4, 0.5) is 0 Å². The lowest BCUT2D eigenvalue weighted by atomic mass is 9.88. The van der Waals surface area contributed by atoms with Gasteiger partial charge < -0.3 is 5.84 Å². The fourth-order valence-corrected chi connectivity index (χ4v) is 3.37. The molecule has 0 amide bonds. The summed E-state index contributed by atoms with van der Waals surface area (Å²) in [7, 11) is 0.